The van der Waals surface area contributed by atoms with E-state index in [0.29, 0.717) is 0 Å². The molecule has 1 aromatic carbocycles. The van der Waals surface area contributed by atoms with Crippen molar-refractivity contribution in [3.63, 3.8) is 0 Å². The summed E-state index contributed by atoms with van der Waals surface area (Å²) in [5.41, 5.74) is 3.54. The van der Waals surface area contributed by atoms with Crippen LogP contribution in [0.25, 0.3) is 0 Å². The molecule has 1 aliphatic rings. The molecule has 2 rings (SSSR count). The minimum atomic E-state index is 0.750. The first-order valence-electron chi connectivity index (χ1n) is 4.72. The van der Waals surface area contributed by atoms with Crippen molar-refractivity contribution in [2.75, 3.05) is 12.1 Å². The highest BCUT2D eigenvalue weighted by Crippen LogP contribution is 2.43. The first-order chi connectivity index (χ1) is 6.20. The Hall–Kier alpha value is -1.02. The molecule has 0 heterocycles. The lowest BCUT2D eigenvalue weighted by Gasteiger charge is -2.15. The second kappa shape index (κ2) is 3.04. The van der Waals surface area contributed by atoms with Crippen LogP contribution >= 0.6 is 0 Å². The summed E-state index contributed by atoms with van der Waals surface area (Å²) in [4.78, 5) is 0. The lowest BCUT2D eigenvalue weighted by molar-refractivity contribution is 0.279. The molecule has 1 aliphatic carbocycles. The third kappa shape index (κ3) is 1.54. The molecule has 1 saturated carbocycles. The fraction of sp³-hybridized carbons (Fsp3) is 0.455. The molecule has 0 aromatic heterocycles. The van der Waals surface area contributed by atoms with Crippen LogP contribution in [0.1, 0.15) is 29.9 Å². The van der Waals surface area contributed by atoms with Crippen LogP contribution in [0, 0.1) is 6.92 Å². The zero-order valence-electron chi connectivity index (χ0n) is 8.12. The van der Waals surface area contributed by atoms with E-state index in [1.165, 1.54) is 29.0 Å². The molecular weight excluding hydrogens is 162 g/mol. The maximum absolute atomic E-state index is 9.36. The Balaban J connectivity index is 2.41. The lowest BCUT2D eigenvalue weighted by Crippen LogP contribution is -2.11. The summed E-state index contributed by atoms with van der Waals surface area (Å²) in [6.45, 7) is 2.08. The van der Waals surface area contributed by atoms with Crippen LogP contribution in [0.4, 0.5) is 5.69 Å². The Kier molecular flexibility index (Phi) is 2.00. The molecule has 0 bridgehead atoms. The van der Waals surface area contributed by atoms with E-state index in [4.69, 9.17) is 0 Å². The van der Waals surface area contributed by atoms with E-state index in [1.54, 1.807) is 7.05 Å². The molecule has 2 nitrogen and oxygen atoms in total. The highest BCUT2D eigenvalue weighted by molar-refractivity contribution is 5.55. The van der Waals surface area contributed by atoms with Crippen molar-refractivity contribution in [1.29, 1.82) is 0 Å². The molecule has 0 radical (unpaired) electrons. The molecule has 1 fully saturated rings. The topological polar surface area (TPSA) is 23.5 Å². The van der Waals surface area contributed by atoms with Gasteiger partial charge in [-0.1, -0.05) is 12.1 Å². The number of nitrogens with zero attached hydrogens (tertiary/aromatic N) is 1. The predicted molar refractivity (Wildman–Crippen MR) is 53.3 cm³/mol. The summed E-state index contributed by atoms with van der Waals surface area (Å²) >= 11 is 0. The second-order valence-electron chi connectivity index (χ2n) is 3.79. The molecule has 0 amide bonds. The smallest absolute Gasteiger partial charge is 0.0662 e. The SMILES string of the molecule is Cc1c(C2CC2)cccc1N(C)O. The Labute approximate surface area is 78.8 Å². The molecule has 70 valence electrons. The van der Waals surface area contributed by atoms with Gasteiger partial charge in [-0.3, -0.25) is 10.3 Å². The van der Waals surface area contributed by atoms with E-state index in [-0.39, 0.29) is 0 Å². The van der Waals surface area contributed by atoms with Gasteiger partial charge in [0.2, 0.25) is 0 Å². The molecule has 0 unspecified atom stereocenters. The third-order valence-electron chi connectivity index (χ3n) is 2.71. The summed E-state index contributed by atoms with van der Waals surface area (Å²) in [6, 6.07) is 6.13. The largest absolute Gasteiger partial charge is 0.289 e. The third-order valence-corrected chi connectivity index (χ3v) is 2.71. The van der Waals surface area contributed by atoms with Crippen LogP contribution in [-0.4, -0.2) is 12.3 Å². The summed E-state index contributed by atoms with van der Waals surface area (Å²) in [6.07, 6.45) is 2.61. The van der Waals surface area contributed by atoms with Crippen molar-refractivity contribution in [2.45, 2.75) is 25.7 Å². The number of anilines is 1. The van der Waals surface area contributed by atoms with E-state index in [9.17, 15) is 5.21 Å². The van der Waals surface area contributed by atoms with Crippen molar-refractivity contribution in [3.8, 4) is 0 Å². The zero-order valence-corrected chi connectivity index (χ0v) is 8.12. The quantitative estimate of drug-likeness (QED) is 0.702. The Morgan fingerprint density at radius 2 is 2.08 bits per heavy atom. The normalized spacial score (nSPS) is 15.9. The predicted octanol–water partition coefficient (Wildman–Crippen LogP) is 2.70. The summed E-state index contributed by atoms with van der Waals surface area (Å²) in [5.74, 6) is 0.750. The van der Waals surface area contributed by atoms with Gasteiger partial charge in [-0.25, -0.2) is 0 Å². The van der Waals surface area contributed by atoms with E-state index in [0.717, 1.165) is 11.6 Å². The number of hydrogen-bond acceptors (Lipinski definition) is 2. The Morgan fingerprint density at radius 3 is 2.62 bits per heavy atom. The monoisotopic (exact) mass is 177 g/mol. The van der Waals surface area contributed by atoms with Crippen molar-refractivity contribution < 1.29 is 5.21 Å². The van der Waals surface area contributed by atoms with Crippen molar-refractivity contribution in [3.05, 3.63) is 29.3 Å². The molecule has 0 atom stereocenters. The average Bonchev–Trinajstić information content (AvgIpc) is 2.87. The molecule has 1 aromatic rings. The van der Waals surface area contributed by atoms with Crippen molar-refractivity contribution in [1.82, 2.24) is 0 Å². The molecule has 0 aliphatic heterocycles. The van der Waals surface area contributed by atoms with E-state index >= 15 is 0 Å². The Morgan fingerprint density at radius 1 is 1.38 bits per heavy atom. The van der Waals surface area contributed by atoms with Crippen LogP contribution in [-0.2, 0) is 0 Å². The van der Waals surface area contributed by atoms with E-state index in [2.05, 4.69) is 13.0 Å². The van der Waals surface area contributed by atoms with Gasteiger partial charge in [-0.15, -0.1) is 0 Å². The number of hydroxylamine groups is 1. The van der Waals surface area contributed by atoms with Gasteiger partial charge in [-0.2, -0.15) is 0 Å². The van der Waals surface area contributed by atoms with Crippen molar-refractivity contribution >= 4 is 5.69 Å². The van der Waals surface area contributed by atoms with Gasteiger partial charge in [0, 0.05) is 7.05 Å². The molecule has 1 N–H and O–H groups in total. The first-order valence-corrected chi connectivity index (χ1v) is 4.72. The summed E-state index contributed by atoms with van der Waals surface area (Å²) in [5, 5.41) is 10.6. The highest BCUT2D eigenvalue weighted by Gasteiger charge is 2.25. The number of benzene rings is 1. The molecule has 13 heavy (non-hydrogen) atoms. The second-order valence-corrected chi connectivity index (χ2v) is 3.79. The molecule has 2 heteroatoms. The van der Waals surface area contributed by atoms with Crippen molar-refractivity contribution in [2.24, 2.45) is 0 Å². The number of hydrogen-bond donors (Lipinski definition) is 1. The fourth-order valence-electron chi connectivity index (χ4n) is 1.83. The molecular formula is C11H15NO. The van der Waals surface area contributed by atoms with Crippen LogP contribution in [0.3, 0.4) is 0 Å². The Bertz CT molecular complexity index is 296. The molecule has 0 spiro atoms. The van der Waals surface area contributed by atoms with Gasteiger partial charge < -0.3 is 0 Å². The maximum Gasteiger partial charge on any atom is 0.0662 e. The highest BCUT2D eigenvalue weighted by atomic mass is 16.5. The first kappa shape index (κ1) is 8.57. The van der Waals surface area contributed by atoms with Gasteiger partial charge in [-0.05, 0) is 42.9 Å². The van der Waals surface area contributed by atoms with Gasteiger partial charge in [0.05, 0.1) is 5.69 Å². The summed E-state index contributed by atoms with van der Waals surface area (Å²) < 4.78 is 0. The van der Waals surface area contributed by atoms with E-state index < -0.39 is 0 Å². The lowest BCUT2D eigenvalue weighted by atomic mass is 10.0. The fourth-order valence-corrected chi connectivity index (χ4v) is 1.83. The average molecular weight is 177 g/mol. The van der Waals surface area contributed by atoms with Crippen LogP contribution in [0.2, 0.25) is 0 Å². The van der Waals surface area contributed by atoms with Gasteiger partial charge in [0.25, 0.3) is 0 Å². The van der Waals surface area contributed by atoms with E-state index in [1.807, 2.05) is 12.1 Å². The minimum absolute atomic E-state index is 0.750. The maximum atomic E-state index is 9.36. The molecule has 0 saturated heterocycles. The standard InChI is InChI=1S/C11H15NO/c1-8-10(9-6-7-9)4-3-5-11(8)12(2)13/h3-5,9,13H,6-7H2,1-2H3. The summed E-state index contributed by atoms with van der Waals surface area (Å²) in [7, 11) is 1.67. The van der Waals surface area contributed by atoms with Gasteiger partial charge >= 0.3 is 0 Å². The van der Waals surface area contributed by atoms with Crippen LogP contribution in [0.5, 0.6) is 0 Å². The zero-order chi connectivity index (χ0) is 9.42. The van der Waals surface area contributed by atoms with Crippen LogP contribution < -0.4 is 5.06 Å². The van der Waals surface area contributed by atoms with Gasteiger partial charge in [0.15, 0.2) is 0 Å². The number of rotatable bonds is 2. The van der Waals surface area contributed by atoms with Gasteiger partial charge in [0.1, 0.15) is 0 Å². The minimum Gasteiger partial charge on any atom is -0.289 e. The van der Waals surface area contributed by atoms with Crippen LogP contribution in [0.15, 0.2) is 18.2 Å².